The van der Waals surface area contributed by atoms with Gasteiger partial charge in [0, 0.05) is 24.4 Å². The lowest BCUT2D eigenvalue weighted by molar-refractivity contribution is 0.0966. The van der Waals surface area contributed by atoms with Crippen LogP contribution in [0.1, 0.15) is 24.5 Å². The number of thioether (sulfide) groups is 1. The Morgan fingerprint density at radius 3 is 2.84 bits per heavy atom. The van der Waals surface area contributed by atoms with E-state index >= 15 is 0 Å². The van der Waals surface area contributed by atoms with Crippen molar-refractivity contribution in [2.45, 2.75) is 31.0 Å². The molecule has 19 heavy (non-hydrogen) atoms. The SMILES string of the molecule is Fc1ccc(C2OCCC2NC2CCSC2)cc1F. The van der Waals surface area contributed by atoms with Crippen molar-refractivity contribution in [2.75, 3.05) is 18.1 Å². The molecule has 5 heteroatoms. The minimum absolute atomic E-state index is 0.166. The molecule has 3 rings (SSSR count). The Balaban J connectivity index is 1.72. The third kappa shape index (κ3) is 2.93. The molecule has 3 atom stereocenters. The molecule has 0 radical (unpaired) electrons. The highest BCUT2D eigenvalue weighted by Crippen LogP contribution is 2.31. The lowest BCUT2D eigenvalue weighted by Crippen LogP contribution is -2.40. The normalized spacial score (nSPS) is 30.9. The number of benzene rings is 1. The maximum atomic E-state index is 13.3. The van der Waals surface area contributed by atoms with Crippen LogP contribution in [0.25, 0.3) is 0 Å². The Morgan fingerprint density at radius 2 is 2.11 bits per heavy atom. The molecule has 2 heterocycles. The molecule has 1 N–H and O–H groups in total. The fraction of sp³-hybridized carbons (Fsp3) is 0.571. The summed E-state index contributed by atoms with van der Waals surface area (Å²) in [7, 11) is 0. The molecule has 2 aliphatic heterocycles. The summed E-state index contributed by atoms with van der Waals surface area (Å²) < 4.78 is 32.0. The van der Waals surface area contributed by atoms with Crippen LogP contribution in [0.4, 0.5) is 8.78 Å². The van der Waals surface area contributed by atoms with Crippen LogP contribution in [0.2, 0.25) is 0 Å². The van der Waals surface area contributed by atoms with E-state index in [1.54, 1.807) is 6.07 Å². The van der Waals surface area contributed by atoms with Crippen molar-refractivity contribution in [1.29, 1.82) is 0 Å². The number of halogens is 2. The van der Waals surface area contributed by atoms with Gasteiger partial charge in [0.2, 0.25) is 0 Å². The number of hydrogen-bond acceptors (Lipinski definition) is 3. The lowest BCUT2D eigenvalue weighted by atomic mass is 10.0. The summed E-state index contributed by atoms with van der Waals surface area (Å²) in [5, 5.41) is 3.60. The van der Waals surface area contributed by atoms with Gasteiger partial charge in [-0.1, -0.05) is 6.07 Å². The predicted molar refractivity (Wildman–Crippen MR) is 72.3 cm³/mol. The predicted octanol–water partition coefficient (Wildman–Crippen LogP) is 2.89. The van der Waals surface area contributed by atoms with Crippen molar-refractivity contribution in [1.82, 2.24) is 5.32 Å². The van der Waals surface area contributed by atoms with Crippen molar-refractivity contribution >= 4 is 11.8 Å². The van der Waals surface area contributed by atoms with Crippen LogP contribution in [0, 0.1) is 11.6 Å². The highest BCUT2D eigenvalue weighted by molar-refractivity contribution is 7.99. The van der Waals surface area contributed by atoms with Crippen LogP contribution in [0.5, 0.6) is 0 Å². The number of rotatable bonds is 3. The van der Waals surface area contributed by atoms with Gasteiger partial charge in [0.15, 0.2) is 11.6 Å². The Morgan fingerprint density at radius 1 is 1.21 bits per heavy atom. The molecular formula is C14H17F2NOS. The summed E-state index contributed by atoms with van der Waals surface area (Å²) in [5.41, 5.74) is 0.722. The second kappa shape index (κ2) is 5.77. The van der Waals surface area contributed by atoms with Gasteiger partial charge in [-0.3, -0.25) is 0 Å². The summed E-state index contributed by atoms with van der Waals surface area (Å²) >= 11 is 1.95. The maximum Gasteiger partial charge on any atom is 0.159 e. The average molecular weight is 285 g/mol. The number of hydrogen-bond donors (Lipinski definition) is 1. The van der Waals surface area contributed by atoms with Crippen LogP contribution in [-0.2, 0) is 4.74 Å². The Kier molecular flexibility index (Phi) is 4.05. The molecular weight excluding hydrogens is 268 g/mol. The van der Waals surface area contributed by atoms with Crippen LogP contribution in [0.3, 0.4) is 0 Å². The van der Waals surface area contributed by atoms with Crippen molar-refractivity contribution in [3.8, 4) is 0 Å². The first-order chi connectivity index (χ1) is 9.24. The summed E-state index contributed by atoms with van der Waals surface area (Å²) in [4.78, 5) is 0. The molecule has 2 nitrogen and oxygen atoms in total. The highest BCUT2D eigenvalue weighted by Gasteiger charge is 2.32. The molecule has 0 saturated carbocycles. The molecule has 1 aromatic carbocycles. The molecule has 0 bridgehead atoms. The van der Waals surface area contributed by atoms with Crippen LogP contribution >= 0.6 is 11.8 Å². The zero-order valence-electron chi connectivity index (χ0n) is 10.6. The van der Waals surface area contributed by atoms with E-state index in [-0.39, 0.29) is 12.1 Å². The van der Waals surface area contributed by atoms with Crippen molar-refractivity contribution in [3.05, 3.63) is 35.4 Å². The van der Waals surface area contributed by atoms with Crippen LogP contribution < -0.4 is 5.32 Å². The van der Waals surface area contributed by atoms with Gasteiger partial charge in [0.05, 0.1) is 6.10 Å². The molecule has 3 unspecified atom stereocenters. The largest absolute Gasteiger partial charge is 0.372 e. The molecule has 2 aliphatic rings. The average Bonchev–Trinajstić information content (AvgIpc) is 3.05. The Bertz CT molecular complexity index is 451. The topological polar surface area (TPSA) is 21.3 Å². The van der Waals surface area contributed by atoms with E-state index in [0.717, 1.165) is 17.7 Å². The van der Waals surface area contributed by atoms with Gasteiger partial charge < -0.3 is 10.1 Å². The summed E-state index contributed by atoms with van der Waals surface area (Å²) in [6.07, 6.45) is 1.93. The van der Waals surface area contributed by atoms with Gasteiger partial charge in [-0.2, -0.15) is 11.8 Å². The minimum atomic E-state index is -0.807. The van der Waals surface area contributed by atoms with Gasteiger partial charge >= 0.3 is 0 Å². The first kappa shape index (κ1) is 13.3. The van der Waals surface area contributed by atoms with Crippen molar-refractivity contribution < 1.29 is 13.5 Å². The van der Waals surface area contributed by atoms with Crippen molar-refractivity contribution in [3.63, 3.8) is 0 Å². The monoisotopic (exact) mass is 285 g/mol. The molecule has 104 valence electrons. The Labute approximate surface area is 115 Å². The van der Waals surface area contributed by atoms with Crippen LogP contribution in [-0.4, -0.2) is 30.2 Å². The smallest absolute Gasteiger partial charge is 0.159 e. The molecule has 2 saturated heterocycles. The van der Waals surface area contributed by atoms with E-state index in [2.05, 4.69) is 5.32 Å². The van der Waals surface area contributed by atoms with Crippen molar-refractivity contribution in [2.24, 2.45) is 0 Å². The van der Waals surface area contributed by atoms with E-state index in [9.17, 15) is 8.78 Å². The third-order valence-electron chi connectivity index (χ3n) is 3.74. The quantitative estimate of drug-likeness (QED) is 0.922. The van der Waals surface area contributed by atoms with Gasteiger partial charge in [0.25, 0.3) is 0 Å². The second-order valence-corrected chi connectivity index (χ2v) is 6.24. The Hall–Kier alpha value is -0.650. The number of ether oxygens (including phenoxy) is 1. The molecule has 0 spiro atoms. The van der Waals surface area contributed by atoms with E-state index in [4.69, 9.17) is 4.74 Å². The third-order valence-corrected chi connectivity index (χ3v) is 4.91. The fourth-order valence-corrected chi connectivity index (χ4v) is 3.91. The lowest BCUT2D eigenvalue weighted by Gasteiger charge is -2.23. The molecule has 0 aromatic heterocycles. The molecule has 0 amide bonds. The summed E-state index contributed by atoms with van der Waals surface area (Å²) in [6, 6.07) is 4.77. The fourth-order valence-electron chi connectivity index (χ4n) is 2.75. The number of nitrogens with one attached hydrogen (secondary N) is 1. The molecule has 1 aromatic rings. The van der Waals surface area contributed by atoms with E-state index < -0.39 is 11.6 Å². The standard InChI is InChI=1S/C14H17F2NOS/c15-11-2-1-9(7-12(11)16)14-13(3-5-18-14)17-10-4-6-19-8-10/h1-2,7,10,13-14,17H,3-6,8H2. The highest BCUT2D eigenvalue weighted by atomic mass is 32.2. The van der Waals surface area contributed by atoms with E-state index in [1.807, 2.05) is 11.8 Å². The summed E-state index contributed by atoms with van der Waals surface area (Å²) in [5.74, 6) is 0.712. The van der Waals surface area contributed by atoms with Gasteiger partial charge in [-0.15, -0.1) is 0 Å². The minimum Gasteiger partial charge on any atom is -0.372 e. The van der Waals surface area contributed by atoms with Crippen LogP contribution in [0.15, 0.2) is 18.2 Å². The molecule has 2 fully saturated rings. The van der Waals surface area contributed by atoms with E-state index in [1.165, 1.54) is 24.3 Å². The first-order valence-electron chi connectivity index (χ1n) is 6.64. The van der Waals surface area contributed by atoms with Gasteiger partial charge in [0.1, 0.15) is 0 Å². The zero-order chi connectivity index (χ0) is 13.2. The van der Waals surface area contributed by atoms with Gasteiger partial charge in [-0.25, -0.2) is 8.78 Å². The zero-order valence-corrected chi connectivity index (χ0v) is 11.4. The maximum absolute atomic E-state index is 13.3. The van der Waals surface area contributed by atoms with Gasteiger partial charge in [-0.05, 0) is 36.3 Å². The second-order valence-electron chi connectivity index (χ2n) is 5.09. The molecule has 0 aliphatic carbocycles. The van der Waals surface area contributed by atoms with E-state index in [0.29, 0.717) is 12.6 Å². The summed E-state index contributed by atoms with van der Waals surface area (Å²) in [6.45, 7) is 0.668. The first-order valence-corrected chi connectivity index (χ1v) is 7.80.